The summed E-state index contributed by atoms with van der Waals surface area (Å²) in [7, 11) is 0. The summed E-state index contributed by atoms with van der Waals surface area (Å²) >= 11 is 0. The summed E-state index contributed by atoms with van der Waals surface area (Å²) in [5.74, 6) is -1.06. The van der Waals surface area contributed by atoms with E-state index in [0.29, 0.717) is 30.5 Å². The Balaban J connectivity index is 1.71. The number of carbonyl (C=O) groups excluding carboxylic acids is 2. The molecule has 1 unspecified atom stereocenters. The Hall–Kier alpha value is -2.86. The second kappa shape index (κ2) is 9.37. The molecule has 28 heavy (non-hydrogen) atoms. The van der Waals surface area contributed by atoms with Crippen molar-refractivity contribution < 1.29 is 14.3 Å². The maximum Gasteiger partial charge on any atom is 0.314 e. The lowest BCUT2D eigenvalue weighted by Crippen LogP contribution is -2.37. The van der Waals surface area contributed by atoms with Crippen LogP contribution in [0.2, 0.25) is 0 Å². The van der Waals surface area contributed by atoms with Gasteiger partial charge in [0.05, 0.1) is 24.6 Å². The molecule has 0 bridgehead atoms. The molecule has 0 spiro atoms. The minimum atomic E-state index is -0.681. The normalized spacial score (nSPS) is 15.0. The van der Waals surface area contributed by atoms with Gasteiger partial charge in [-0.3, -0.25) is 9.59 Å². The number of nitrogens with one attached hydrogen (secondary N) is 2. The van der Waals surface area contributed by atoms with Gasteiger partial charge in [0.25, 0.3) is 0 Å². The predicted octanol–water partition coefficient (Wildman–Crippen LogP) is 3.61. The molecule has 1 aliphatic heterocycles. The second-order valence-corrected chi connectivity index (χ2v) is 6.92. The van der Waals surface area contributed by atoms with Crippen LogP contribution in [-0.2, 0) is 14.3 Å². The molecule has 2 amide bonds. The smallest absolute Gasteiger partial charge is 0.314 e. The molecule has 1 fully saturated rings. The van der Waals surface area contributed by atoms with Crippen molar-refractivity contribution >= 4 is 28.9 Å². The van der Waals surface area contributed by atoms with E-state index in [1.807, 2.05) is 48.5 Å². The minimum Gasteiger partial charge on any atom is -0.378 e. The lowest BCUT2D eigenvalue weighted by atomic mass is 9.97. The Morgan fingerprint density at radius 1 is 0.964 bits per heavy atom. The standard InChI is InChI=1S/C22H27N3O3/c1-3-16(2)17-8-4-5-9-18(17)23-21(26)22(27)24-19-10-6-7-11-20(19)25-12-14-28-15-13-25/h4-11,16H,3,12-15H2,1-2H3,(H,23,26)(H,24,27). The zero-order valence-electron chi connectivity index (χ0n) is 16.4. The van der Waals surface area contributed by atoms with E-state index in [9.17, 15) is 9.59 Å². The van der Waals surface area contributed by atoms with Crippen LogP contribution >= 0.6 is 0 Å². The second-order valence-electron chi connectivity index (χ2n) is 6.92. The Morgan fingerprint density at radius 2 is 1.54 bits per heavy atom. The molecular weight excluding hydrogens is 354 g/mol. The fraction of sp³-hybridized carbons (Fsp3) is 0.364. The van der Waals surface area contributed by atoms with Gasteiger partial charge in [0, 0.05) is 18.8 Å². The molecule has 1 heterocycles. The summed E-state index contributed by atoms with van der Waals surface area (Å²) in [5, 5.41) is 5.52. The molecule has 2 aromatic carbocycles. The molecule has 2 N–H and O–H groups in total. The van der Waals surface area contributed by atoms with Crippen LogP contribution in [0.15, 0.2) is 48.5 Å². The van der Waals surface area contributed by atoms with Crippen molar-refractivity contribution in [3.63, 3.8) is 0 Å². The molecule has 1 aliphatic rings. The third-order valence-electron chi connectivity index (χ3n) is 5.06. The quantitative estimate of drug-likeness (QED) is 0.776. The van der Waals surface area contributed by atoms with Gasteiger partial charge in [-0.2, -0.15) is 0 Å². The van der Waals surface area contributed by atoms with E-state index in [1.54, 1.807) is 0 Å². The van der Waals surface area contributed by atoms with Gasteiger partial charge in [0.1, 0.15) is 0 Å². The van der Waals surface area contributed by atoms with Gasteiger partial charge in [-0.15, -0.1) is 0 Å². The number of amides is 2. The fourth-order valence-corrected chi connectivity index (χ4v) is 3.28. The van der Waals surface area contributed by atoms with Crippen LogP contribution in [-0.4, -0.2) is 38.1 Å². The van der Waals surface area contributed by atoms with Gasteiger partial charge in [-0.1, -0.05) is 44.2 Å². The Labute approximate surface area is 165 Å². The number of morpholine rings is 1. The molecule has 0 saturated carbocycles. The van der Waals surface area contributed by atoms with E-state index in [1.165, 1.54) is 0 Å². The molecule has 148 valence electrons. The van der Waals surface area contributed by atoms with Crippen molar-refractivity contribution in [2.45, 2.75) is 26.2 Å². The highest BCUT2D eigenvalue weighted by atomic mass is 16.5. The Bertz CT molecular complexity index is 831. The molecule has 0 aliphatic carbocycles. The number of anilines is 3. The molecule has 1 saturated heterocycles. The van der Waals surface area contributed by atoms with E-state index in [4.69, 9.17) is 4.74 Å². The minimum absolute atomic E-state index is 0.293. The summed E-state index contributed by atoms with van der Waals surface area (Å²) in [4.78, 5) is 27.2. The van der Waals surface area contributed by atoms with Crippen molar-refractivity contribution in [3.05, 3.63) is 54.1 Å². The van der Waals surface area contributed by atoms with Gasteiger partial charge < -0.3 is 20.3 Å². The average molecular weight is 381 g/mol. The molecule has 1 atom stereocenters. The first-order valence-electron chi connectivity index (χ1n) is 9.73. The van der Waals surface area contributed by atoms with Crippen LogP contribution in [0.3, 0.4) is 0 Å². The van der Waals surface area contributed by atoms with E-state index < -0.39 is 11.8 Å². The van der Waals surface area contributed by atoms with Crippen LogP contribution in [0.1, 0.15) is 31.7 Å². The maximum absolute atomic E-state index is 12.5. The van der Waals surface area contributed by atoms with Crippen molar-refractivity contribution in [3.8, 4) is 0 Å². The van der Waals surface area contributed by atoms with Crippen LogP contribution in [0.25, 0.3) is 0 Å². The van der Waals surface area contributed by atoms with Crippen LogP contribution < -0.4 is 15.5 Å². The molecule has 3 rings (SSSR count). The van der Waals surface area contributed by atoms with Crippen LogP contribution in [0.5, 0.6) is 0 Å². The highest BCUT2D eigenvalue weighted by Crippen LogP contribution is 2.28. The van der Waals surface area contributed by atoms with E-state index in [-0.39, 0.29) is 0 Å². The van der Waals surface area contributed by atoms with E-state index in [0.717, 1.165) is 30.8 Å². The number of nitrogens with zero attached hydrogens (tertiary/aromatic N) is 1. The van der Waals surface area contributed by atoms with Gasteiger partial charge in [-0.25, -0.2) is 0 Å². The zero-order valence-corrected chi connectivity index (χ0v) is 16.4. The third kappa shape index (κ3) is 4.70. The third-order valence-corrected chi connectivity index (χ3v) is 5.06. The molecule has 0 radical (unpaired) electrons. The topological polar surface area (TPSA) is 70.7 Å². The number of ether oxygens (including phenoxy) is 1. The Kier molecular flexibility index (Phi) is 6.66. The molecule has 0 aromatic heterocycles. The first kappa shape index (κ1) is 19.9. The summed E-state index contributed by atoms with van der Waals surface area (Å²) in [5.41, 5.74) is 3.23. The summed E-state index contributed by atoms with van der Waals surface area (Å²) < 4.78 is 5.39. The van der Waals surface area contributed by atoms with Gasteiger partial charge in [0.15, 0.2) is 0 Å². The number of hydrogen-bond acceptors (Lipinski definition) is 4. The number of para-hydroxylation sites is 3. The monoisotopic (exact) mass is 381 g/mol. The molecule has 6 heteroatoms. The van der Waals surface area contributed by atoms with Crippen molar-refractivity contribution in [1.29, 1.82) is 0 Å². The highest BCUT2D eigenvalue weighted by Gasteiger charge is 2.20. The SMILES string of the molecule is CCC(C)c1ccccc1NC(=O)C(=O)Nc1ccccc1N1CCOCC1. The maximum atomic E-state index is 12.5. The lowest BCUT2D eigenvalue weighted by Gasteiger charge is -2.30. The van der Waals surface area contributed by atoms with Crippen molar-refractivity contribution in [1.82, 2.24) is 0 Å². The predicted molar refractivity (Wildman–Crippen MR) is 112 cm³/mol. The summed E-state index contributed by atoms with van der Waals surface area (Å²) in [6.07, 6.45) is 0.950. The summed E-state index contributed by atoms with van der Waals surface area (Å²) in [6.45, 7) is 7.00. The number of benzene rings is 2. The highest BCUT2D eigenvalue weighted by molar-refractivity contribution is 6.44. The largest absolute Gasteiger partial charge is 0.378 e. The van der Waals surface area contributed by atoms with Crippen molar-refractivity contribution in [2.75, 3.05) is 41.8 Å². The molecular formula is C22H27N3O3. The van der Waals surface area contributed by atoms with Crippen LogP contribution in [0, 0.1) is 0 Å². The van der Waals surface area contributed by atoms with E-state index >= 15 is 0 Å². The van der Waals surface area contributed by atoms with Crippen molar-refractivity contribution in [2.24, 2.45) is 0 Å². The van der Waals surface area contributed by atoms with Crippen LogP contribution in [0.4, 0.5) is 17.1 Å². The molecule has 6 nitrogen and oxygen atoms in total. The van der Waals surface area contributed by atoms with Gasteiger partial charge >= 0.3 is 11.8 Å². The fourth-order valence-electron chi connectivity index (χ4n) is 3.28. The number of rotatable bonds is 5. The first-order valence-corrected chi connectivity index (χ1v) is 9.73. The number of hydrogen-bond donors (Lipinski definition) is 2. The lowest BCUT2D eigenvalue weighted by molar-refractivity contribution is -0.133. The van der Waals surface area contributed by atoms with Gasteiger partial charge in [0.2, 0.25) is 0 Å². The van der Waals surface area contributed by atoms with E-state index in [2.05, 4.69) is 29.4 Å². The summed E-state index contributed by atoms with van der Waals surface area (Å²) in [6, 6.07) is 15.1. The van der Waals surface area contributed by atoms with Gasteiger partial charge in [-0.05, 0) is 36.1 Å². The molecule has 2 aromatic rings. The first-order chi connectivity index (χ1) is 13.6. The number of carbonyl (C=O) groups is 2. The Morgan fingerprint density at radius 3 is 2.21 bits per heavy atom. The zero-order chi connectivity index (χ0) is 19.9. The average Bonchev–Trinajstić information content (AvgIpc) is 2.74.